The lowest BCUT2D eigenvalue weighted by Gasteiger charge is -2.46. The molecule has 14 atom stereocenters. The van der Waals surface area contributed by atoms with Crippen LogP contribution in [-0.2, 0) is 19.0 Å². The quantitative estimate of drug-likeness (QED) is 0.216. The molecule has 15 heteroatoms. The first-order chi connectivity index (χ1) is 22.3. The van der Waals surface area contributed by atoms with Gasteiger partial charge < -0.3 is 50.0 Å². The fourth-order valence-electron chi connectivity index (χ4n) is 6.95. The minimum absolute atomic E-state index is 0.152. The number of urea groups is 1. The monoisotopic (exact) mass is 683 g/mol. The Balaban J connectivity index is 1.92. The molecule has 3 heterocycles. The molecular formula is C33H57N5O10. The Bertz CT molecular complexity index is 1190. The van der Waals surface area contributed by atoms with E-state index < -0.39 is 90.0 Å². The van der Waals surface area contributed by atoms with Crippen LogP contribution in [-0.4, -0.2) is 132 Å². The van der Waals surface area contributed by atoms with Crippen molar-refractivity contribution in [2.45, 2.75) is 141 Å². The number of carbonyl (C=O) groups excluding carboxylic acids is 2. The van der Waals surface area contributed by atoms with Crippen molar-refractivity contribution >= 4 is 17.8 Å². The van der Waals surface area contributed by atoms with Gasteiger partial charge in [-0.3, -0.25) is 15.1 Å². The van der Waals surface area contributed by atoms with Gasteiger partial charge in [-0.2, -0.15) is 0 Å². The summed E-state index contributed by atoms with van der Waals surface area (Å²) in [6.45, 7) is 13.5. The van der Waals surface area contributed by atoms with E-state index in [1.807, 2.05) is 6.92 Å². The van der Waals surface area contributed by atoms with Crippen molar-refractivity contribution in [3.8, 4) is 0 Å². The van der Waals surface area contributed by atoms with Gasteiger partial charge in [0.15, 0.2) is 12.1 Å². The van der Waals surface area contributed by atoms with E-state index in [-0.39, 0.29) is 31.0 Å². The number of aliphatic hydroxyl groups excluding tert-OH is 3. The van der Waals surface area contributed by atoms with Crippen LogP contribution < -0.4 is 10.6 Å². The molecule has 1 aromatic heterocycles. The highest BCUT2D eigenvalue weighted by atomic mass is 16.7. The van der Waals surface area contributed by atoms with Crippen molar-refractivity contribution in [1.29, 1.82) is 0 Å². The predicted octanol–water partition coefficient (Wildman–Crippen LogP) is 1.03. The number of carbonyl (C=O) groups is 2. The molecule has 0 aliphatic carbocycles. The molecule has 0 spiro atoms. The molecule has 0 saturated carbocycles. The first kappa shape index (κ1) is 39.9. The second-order valence-electron chi connectivity index (χ2n) is 14.3. The predicted molar refractivity (Wildman–Crippen MR) is 175 cm³/mol. The minimum Gasteiger partial charge on any atom is -0.459 e. The van der Waals surface area contributed by atoms with Gasteiger partial charge in [0.2, 0.25) is 0 Å². The third-order valence-electron chi connectivity index (χ3n) is 9.93. The molecule has 0 aromatic carbocycles. The molecule has 274 valence electrons. The fourth-order valence-corrected chi connectivity index (χ4v) is 6.95. The normalized spacial score (nSPS) is 42.2. The van der Waals surface area contributed by atoms with Gasteiger partial charge in [-0.1, -0.05) is 20.8 Å². The van der Waals surface area contributed by atoms with Crippen molar-refractivity contribution in [1.82, 2.24) is 20.2 Å². The zero-order valence-corrected chi connectivity index (χ0v) is 29.6. The lowest BCUT2D eigenvalue weighted by molar-refractivity contribution is -0.298. The molecule has 2 aliphatic rings. The highest BCUT2D eigenvalue weighted by Crippen LogP contribution is 2.36. The molecule has 7 N–H and O–H groups in total. The number of nitrogens with zero attached hydrogens (tertiary/aromatic N) is 3. The summed E-state index contributed by atoms with van der Waals surface area (Å²) < 4.78 is 18.1. The highest BCUT2D eigenvalue weighted by Gasteiger charge is 2.49. The number of ether oxygens (including phenoxy) is 3. The number of nitrogens with one attached hydrogen (secondary N) is 2. The summed E-state index contributed by atoms with van der Waals surface area (Å²) in [6.07, 6.45) is -3.13. The maximum atomic E-state index is 13.4. The highest BCUT2D eigenvalue weighted by molar-refractivity contribution is 5.88. The van der Waals surface area contributed by atoms with Crippen molar-refractivity contribution in [2.24, 2.45) is 17.8 Å². The van der Waals surface area contributed by atoms with Crippen LogP contribution >= 0.6 is 0 Å². The second-order valence-corrected chi connectivity index (χ2v) is 14.3. The lowest BCUT2D eigenvalue weighted by atomic mass is 9.78. The standard InChI is InChI=1S/C33H57N5O10/c1-10-23-33(8,45)27(41)21(6)36-15-17(2)14-32(7,44)28(19(4)25(39)20(5)29(42)47-23)48-30-26(40)22(13-18(3)46-30)38(9)31(43)37-24-16-34-11-12-35-24/h11-12,16-23,25-28,30,36,39-41,44-45H,10,13-15H2,1-9H3,(H,35,37,43)/t17-,18-,19+,20-,21-,22+,23-,25+,26-,27-,28-,30+,32-,33-/m1/s1. The van der Waals surface area contributed by atoms with Crippen LogP contribution in [0.2, 0.25) is 0 Å². The first-order valence-corrected chi connectivity index (χ1v) is 16.8. The number of rotatable bonds is 5. The fraction of sp³-hybridized carbons (Fsp3) is 0.818. The van der Waals surface area contributed by atoms with E-state index in [4.69, 9.17) is 14.2 Å². The van der Waals surface area contributed by atoms with Crippen LogP contribution in [0.5, 0.6) is 0 Å². The van der Waals surface area contributed by atoms with E-state index >= 15 is 0 Å². The number of amides is 2. The summed E-state index contributed by atoms with van der Waals surface area (Å²) >= 11 is 0. The average molecular weight is 684 g/mol. The van der Waals surface area contributed by atoms with E-state index in [1.54, 1.807) is 34.6 Å². The van der Waals surface area contributed by atoms with Crippen molar-refractivity contribution in [3.63, 3.8) is 0 Å². The Morgan fingerprint density at radius 3 is 2.40 bits per heavy atom. The maximum absolute atomic E-state index is 13.4. The van der Waals surface area contributed by atoms with Crippen molar-refractivity contribution in [3.05, 3.63) is 18.6 Å². The summed E-state index contributed by atoms with van der Waals surface area (Å²) in [5, 5.41) is 63.3. The third-order valence-corrected chi connectivity index (χ3v) is 9.93. The van der Waals surface area contributed by atoms with Crippen molar-refractivity contribution < 1.29 is 49.3 Å². The second kappa shape index (κ2) is 16.5. The van der Waals surface area contributed by atoms with Gasteiger partial charge in [0.1, 0.15) is 23.9 Å². The van der Waals surface area contributed by atoms with E-state index in [2.05, 4.69) is 20.6 Å². The molecule has 0 bridgehead atoms. The Morgan fingerprint density at radius 1 is 1.12 bits per heavy atom. The topological polar surface area (TPSA) is 216 Å². The number of esters is 1. The summed E-state index contributed by atoms with van der Waals surface area (Å²) in [4.78, 5) is 35.8. The first-order valence-electron chi connectivity index (χ1n) is 16.8. The van der Waals surface area contributed by atoms with E-state index in [9.17, 15) is 35.1 Å². The molecule has 15 nitrogen and oxygen atoms in total. The molecule has 2 saturated heterocycles. The lowest BCUT2D eigenvalue weighted by Crippen LogP contribution is -2.60. The number of cyclic esters (lactones) is 1. The average Bonchev–Trinajstić information content (AvgIpc) is 3.03. The van der Waals surface area contributed by atoms with Gasteiger partial charge in [-0.15, -0.1) is 0 Å². The van der Waals surface area contributed by atoms with Gasteiger partial charge in [0.25, 0.3) is 0 Å². The number of anilines is 1. The molecule has 2 amide bonds. The van der Waals surface area contributed by atoms with E-state index in [1.165, 1.54) is 44.4 Å². The van der Waals surface area contributed by atoms with Gasteiger partial charge >= 0.3 is 12.0 Å². The van der Waals surface area contributed by atoms with Crippen LogP contribution in [0.15, 0.2) is 18.6 Å². The van der Waals surface area contributed by atoms with Crippen LogP contribution in [0.3, 0.4) is 0 Å². The van der Waals surface area contributed by atoms with Gasteiger partial charge in [0.05, 0.1) is 42.1 Å². The Labute approximate surface area is 283 Å². The van der Waals surface area contributed by atoms with Gasteiger partial charge in [-0.25, -0.2) is 9.78 Å². The minimum atomic E-state index is -1.80. The summed E-state index contributed by atoms with van der Waals surface area (Å²) in [7, 11) is 1.53. The number of hydrogen-bond acceptors (Lipinski definition) is 13. The molecule has 0 radical (unpaired) electrons. The number of likely N-dealkylation sites (N-methyl/N-ethyl adjacent to an activating group) is 1. The maximum Gasteiger partial charge on any atom is 0.323 e. The molecule has 48 heavy (non-hydrogen) atoms. The largest absolute Gasteiger partial charge is 0.459 e. The summed E-state index contributed by atoms with van der Waals surface area (Å²) in [6, 6.07) is -1.90. The molecular weight excluding hydrogens is 626 g/mol. The number of hydrogen-bond donors (Lipinski definition) is 7. The summed E-state index contributed by atoms with van der Waals surface area (Å²) in [5.74, 6) is -2.78. The molecule has 1 aromatic rings. The number of aromatic nitrogens is 2. The van der Waals surface area contributed by atoms with Crippen LogP contribution in [0.25, 0.3) is 0 Å². The summed E-state index contributed by atoms with van der Waals surface area (Å²) in [5.41, 5.74) is -3.42. The van der Waals surface area contributed by atoms with Crippen molar-refractivity contribution in [2.75, 3.05) is 18.9 Å². The van der Waals surface area contributed by atoms with Crippen LogP contribution in [0.1, 0.15) is 74.7 Å². The zero-order chi connectivity index (χ0) is 36.1. The third kappa shape index (κ3) is 9.38. The van der Waals surface area contributed by atoms with Crippen LogP contribution in [0, 0.1) is 17.8 Å². The molecule has 2 fully saturated rings. The molecule has 0 unspecified atom stereocenters. The Hall–Kier alpha value is -2.50. The smallest absolute Gasteiger partial charge is 0.323 e. The zero-order valence-electron chi connectivity index (χ0n) is 29.6. The van der Waals surface area contributed by atoms with Gasteiger partial charge in [-0.05, 0) is 66.3 Å². The molecule has 2 aliphatic heterocycles. The Morgan fingerprint density at radius 2 is 1.79 bits per heavy atom. The SMILES string of the molecule is CC[C@H]1OC(=O)[C@H](C)[C@@H](O)[C@H](C)[C@@H](O[C@@H]2O[C@H](C)C[C@H](N(C)C(=O)Nc3cnccn3)[C@H]2O)[C@](C)(O)C[C@@H](C)CN[C@H](C)[C@@H](O)[C@]1(C)O. The molecule has 3 rings (SSSR count). The van der Waals surface area contributed by atoms with E-state index in [0.717, 1.165) is 0 Å². The van der Waals surface area contributed by atoms with Crippen LogP contribution in [0.4, 0.5) is 10.6 Å². The van der Waals surface area contributed by atoms with Gasteiger partial charge in [0, 0.05) is 31.4 Å². The number of aliphatic hydroxyl groups is 5. The Kier molecular flexibility index (Phi) is 13.7. The van der Waals surface area contributed by atoms with E-state index in [0.29, 0.717) is 6.54 Å².